The fourth-order valence-corrected chi connectivity index (χ4v) is 6.99. The van der Waals surface area contributed by atoms with Gasteiger partial charge in [-0.15, -0.1) is 0 Å². The van der Waals surface area contributed by atoms with E-state index in [1.54, 1.807) is 12.1 Å². The van der Waals surface area contributed by atoms with Crippen LogP contribution in [0.3, 0.4) is 0 Å². The van der Waals surface area contributed by atoms with Crippen molar-refractivity contribution >= 4 is 21.2 Å². The number of hydrogen-bond donors (Lipinski definition) is 0. The third-order valence-corrected chi connectivity index (χ3v) is 10.1. The summed E-state index contributed by atoms with van der Waals surface area (Å²) in [4.78, 5) is 12.4. The first-order valence-electron chi connectivity index (χ1n) is 14.2. The van der Waals surface area contributed by atoms with E-state index in [1.807, 2.05) is 24.4 Å². The molecule has 2 aromatic rings. The molecule has 1 aliphatic carbocycles. The van der Waals surface area contributed by atoms with Gasteiger partial charge in [-0.2, -0.15) is 0 Å². The first kappa shape index (κ1) is 25.9. The number of benzene rings is 1. The zero-order valence-electron chi connectivity index (χ0n) is 22.4. The SMILES string of the molecule is CS(=O)(=O)c1ccc(N2CCOC3(CCN(c4ccc(OC5CCN(C6CCC6)CC5)nc4)CC3)C2)cc1. The monoisotopic (exact) mass is 540 g/mol. The lowest BCUT2D eigenvalue weighted by Gasteiger charge is -2.48. The molecule has 0 unspecified atom stereocenters. The van der Waals surface area contributed by atoms with Gasteiger partial charge < -0.3 is 24.2 Å². The van der Waals surface area contributed by atoms with E-state index >= 15 is 0 Å². The Morgan fingerprint density at radius 1 is 0.895 bits per heavy atom. The number of morpholine rings is 1. The summed E-state index contributed by atoms with van der Waals surface area (Å²) in [5.74, 6) is 0.734. The zero-order valence-corrected chi connectivity index (χ0v) is 23.2. The predicted octanol–water partition coefficient (Wildman–Crippen LogP) is 3.76. The zero-order chi connectivity index (χ0) is 26.2. The van der Waals surface area contributed by atoms with E-state index in [4.69, 9.17) is 9.47 Å². The van der Waals surface area contributed by atoms with Gasteiger partial charge in [0.1, 0.15) is 6.10 Å². The van der Waals surface area contributed by atoms with Crippen molar-refractivity contribution in [2.24, 2.45) is 0 Å². The number of likely N-dealkylation sites (tertiary alicyclic amines) is 1. The summed E-state index contributed by atoms with van der Waals surface area (Å²) < 4.78 is 36.2. The molecule has 1 spiro atoms. The number of rotatable bonds is 6. The second-order valence-electron chi connectivity index (χ2n) is 11.5. The summed E-state index contributed by atoms with van der Waals surface area (Å²) in [6.45, 7) is 6.45. The summed E-state index contributed by atoms with van der Waals surface area (Å²) >= 11 is 0. The first-order chi connectivity index (χ1) is 18.4. The fraction of sp³-hybridized carbons (Fsp3) is 0.621. The molecule has 1 aromatic heterocycles. The minimum Gasteiger partial charge on any atom is -0.474 e. The quantitative estimate of drug-likeness (QED) is 0.549. The van der Waals surface area contributed by atoms with Crippen LogP contribution in [0, 0.1) is 0 Å². The van der Waals surface area contributed by atoms with Crippen LogP contribution in [0.2, 0.25) is 0 Å². The van der Waals surface area contributed by atoms with Crippen LogP contribution in [-0.4, -0.2) is 88.2 Å². The van der Waals surface area contributed by atoms with Crippen molar-refractivity contribution in [2.75, 3.05) is 61.9 Å². The van der Waals surface area contributed by atoms with E-state index in [2.05, 4.69) is 25.8 Å². The number of anilines is 2. The molecule has 9 heteroatoms. The second-order valence-corrected chi connectivity index (χ2v) is 13.5. The molecule has 0 atom stereocenters. The molecule has 206 valence electrons. The highest BCUT2D eigenvalue weighted by atomic mass is 32.2. The maximum absolute atomic E-state index is 11.8. The van der Waals surface area contributed by atoms with Crippen LogP contribution in [-0.2, 0) is 14.6 Å². The second kappa shape index (κ2) is 10.7. The molecule has 0 bridgehead atoms. The molecular weight excluding hydrogens is 500 g/mol. The van der Waals surface area contributed by atoms with Crippen LogP contribution in [0.25, 0.3) is 0 Å². The van der Waals surface area contributed by atoms with E-state index in [0.29, 0.717) is 11.5 Å². The van der Waals surface area contributed by atoms with E-state index in [-0.39, 0.29) is 11.7 Å². The largest absolute Gasteiger partial charge is 0.474 e. The normalized spacial score (nSPS) is 23.4. The highest BCUT2D eigenvalue weighted by molar-refractivity contribution is 7.90. The molecule has 3 saturated heterocycles. The van der Waals surface area contributed by atoms with E-state index < -0.39 is 9.84 Å². The van der Waals surface area contributed by atoms with Gasteiger partial charge in [0.2, 0.25) is 5.88 Å². The molecular formula is C29H40N4O4S. The third kappa shape index (κ3) is 5.65. The van der Waals surface area contributed by atoms with Gasteiger partial charge in [-0.25, -0.2) is 13.4 Å². The Morgan fingerprint density at radius 3 is 2.21 bits per heavy atom. The Bertz CT molecular complexity index is 1180. The van der Waals surface area contributed by atoms with Gasteiger partial charge in [0.15, 0.2) is 9.84 Å². The van der Waals surface area contributed by atoms with Gasteiger partial charge in [0.25, 0.3) is 0 Å². The van der Waals surface area contributed by atoms with Crippen LogP contribution in [0.1, 0.15) is 44.9 Å². The number of pyridine rings is 1. The van der Waals surface area contributed by atoms with Crippen molar-refractivity contribution in [3.63, 3.8) is 0 Å². The van der Waals surface area contributed by atoms with Crippen LogP contribution in [0.5, 0.6) is 5.88 Å². The van der Waals surface area contributed by atoms with Crippen molar-refractivity contribution in [3.05, 3.63) is 42.6 Å². The molecule has 0 N–H and O–H groups in total. The van der Waals surface area contributed by atoms with Crippen molar-refractivity contribution in [3.8, 4) is 5.88 Å². The van der Waals surface area contributed by atoms with Crippen molar-refractivity contribution in [2.45, 2.75) is 67.6 Å². The van der Waals surface area contributed by atoms with Crippen molar-refractivity contribution in [1.29, 1.82) is 0 Å². The highest BCUT2D eigenvalue weighted by Crippen LogP contribution is 2.34. The number of hydrogen-bond acceptors (Lipinski definition) is 8. The molecule has 4 fully saturated rings. The van der Waals surface area contributed by atoms with Crippen molar-refractivity contribution < 1.29 is 17.9 Å². The minimum atomic E-state index is -3.19. The molecule has 38 heavy (non-hydrogen) atoms. The standard InChI is InChI=1S/C29H40N4O4S/c1-38(34,35)27-8-5-24(6-9-27)33-19-20-36-29(22-33)13-17-32(18-14-29)25-7-10-28(30-21-25)37-26-11-15-31(16-12-26)23-3-2-4-23/h5-10,21,23,26H,2-4,11-20,22H2,1H3. The highest BCUT2D eigenvalue weighted by Gasteiger charge is 2.40. The van der Waals surface area contributed by atoms with Crippen LogP contribution in [0.4, 0.5) is 11.4 Å². The van der Waals surface area contributed by atoms with E-state index in [0.717, 1.165) is 88.2 Å². The van der Waals surface area contributed by atoms with Crippen LogP contribution < -0.4 is 14.5 Å². The van der Waals surface area contributed by atoms with Crippen LogP contribution >= 0.6 is 0 Å². The summed E-state index contributed by atoms with van der Waals surface area (Å²) in [6.07, 6.45) is 11.7. The number of ether oxygens (including phenoxy) is 2. The molecule has 1 aromatic carbocycles. The number of piperidine rings is 2. The van der Waals surface area contributed by atoms with Gasteiger partial charge >= 0.3 is 0 Å². The Balaban J connectivity index is 1.00. The topological polar surface area (TPSA) is 75.2 Å². The first-order valence-corrected chi connectivity index (χ1v) is 16.1. The number of aromatic nitrogens is 1. The lowest BCUT2D eigenvalue weighted by molar-refractivity contribution is -0.0704. The Morgan fingerprint density at radius 2 is 1.61 bits per heavy atom. The van der Waals surface area contributed by atoms with E-state index in [9.17, 15) is 8.42 Å². The third-order valence-electron chi connectivity index (χ3n) is 8.99. The summed E-state index contributed by atoms with van der Waals surface area (Å²) in [7, 11) is -3.19. The molecule has 0 radical (unpaired) electrons. The molecule has 4 heterocycles. The molecule has 1 saturated carbocycles. The predicted molar refractivity (Wildman–Crippen MR) is 149 cm³/mol. The Labute approximate surface area is 226 Å². The smallest absolute Gasteiger partial charge is 0.213 e. The fourth-order valence-electron chi connectivity index (χ4n) is 6.35. The van der Waals surface area contributed by atoms with Gasteiger partial charge in [-0.3, -0.25) is 0 Å². The molecule has 0 amide bonds. The van der Waals surface area contributed by atoms with Gasteiger partial charge in [-0.1, -0.05) is 6.42 Å². The van der Waals surface area contributed by atoms with Crippen molar-refractivity contribution in [1.82, 2.24) is 9.88 Å². The molecule has 6 rings (SSSR count). The number of sulfone groups is 1. The molecule has 8 nitrogen and oxygen atoms in total. The lowest BCUT2D eigenvalue weighted by Crippen LogP contribution is -2.57. The average Bonchev–Trinajstić information content (AvgIpc) is 2.90. The Kier molecular flexibility index (Phi) is 7.26. The maximum atomic E-state index is 11.8. The lowest BCUT2D eigenvalue weighted by atomic mass is 9.89. The van der Waals surface area contributed by atoms with Crippen LogP contribution in [0.15, 0.2) is 47.5 Å². The average molecular weight is 541 g/mol. The van der Waals surface area contributed by atoms with Gasteiger partial charge in [0, 0.05) is 63.3 Å². The maximum Gasteiger partial charge on any atom is 0.213 e. The molecule has 4 aliphatic rings. The van der Waals surface area contributed by atoms with Gasteiger partial charge in [-0.05, 0) is 68.9 Å². The van der Waals surface area contributed by atoms with E-state index in [1.165, 1.54) is 25.5 Å². The minimum absolute atomic E-state index is 0.172. The Hall–Kier alpha value is -2.36. The molecule has 3 aliphatic heterocycles. The summed E-state index contributed by atoms with van der Waals surface area (Å²) in [6, 6.07) is 12.2. The van der Waals surface area contributed by atoms with Gasteiger partial charge in [0.05, 0.1) is 29.0 Å². The summed E-state index contributed by atoms with van der Waals surface area (Å²) in [5, 5.41) is 0. The number of nitrogens with zero attached hydrogens (tertiary/aromatic N) is 4. The summed E-state index contributed by atoms with van der Waals surface area (Å²) in [5.41, 5.74) is 2.02.